The zero-order valence-electron chi connectivity index (χ0n) is 13.4. The Morgan fingerprint density at radius 3 is 2.52 bits per heavy atom. The van der Waals surface area contributed by atoms with Gasteiger partial charge < -0.3 is 0 Å². The van der Waals surface area contributed by atoms with Crippen molar-refractivity contribution >= 4 is 21.1 Å². The number of rotatable bonds is 3. The zero-order valence-corrected chi connectivity index (χ0v) is 14.2. The molecule has 25 heavy (non-hydrogen) atoms. The molecule has 0 bridgehead atoms. The average Bonchev–Trinajstić information content (AvgIpc) is 3.08. The van der Waals surface area contributed by atoms with E-state index < -0.39 is 10.0 Å². The first kappa shape index (κ1) is 15.5. The van der Waals surface area contributed by atoms with Gasteiger partial charge in [0.25, 0.3) is 10.0 Å². The van der Waals surface area contributed by atoms with Crippen molar-refractivity contribution in [2.24, 2.45) is 0 Å². The van der Waals surface area contributed by atoms with Crippen LogP contribution in [0, 0.1) is 6.92 Å². The molecule has 0 amide bonds. The molecule has 0 aliphatic heterocycles. The number of hydrogen-bond acceptors (Lipinski definition) is 5. The topological polar surface area (TPSA) is 77.7 Å². The van der Waals surface area contributed by atoms with Crippen molar-refractivity contribution in [1.29, 1.82) is 0 Å². The molecule has 0 fully saturated rings. The monoisotopic (exact) mass is 350 g/mol. The van der Waals surface area contributed by atoms with Gasteiger partial charge in [0.05, 0.1) is 10.6 Å². The Hall–Kier alpha value is -3.06. The van der Waals surface area contributed by atoms with E-state index in [0.29, 0.717) is 16.7 Å². The first-order valence-corrected chi connectivity index (χ1v) is 9.06. The van der Waals surface area contributed by atoms with E-state index in [0.717, 1.165) is 11.1 Å². The van der Waals surface area contributed by atoms with Crippen molar-refractivity contribution in [3.8, 4) is 11.3 Å². The van der Waals surface area contributed by atoms with Crippen molar-refractivity contribution in [2.75, 3.05) is 0 Å². The molecule has 0 N–H and O–H groups in total. The van der Waals surface area contributed by atoms with Gasteiger partial charge in [-0.3, -0.25) is 4.98 Å². The highest BCUT2D eigenvalue weighted by molar-refractivity contribution is 7.90. The molecule has 1 aromatic carbocycles. The molecule has 7 heteroatoms. The summed E-state index contributed by atoms with van der Waals surface area (Å²) in [5.74, 6) is 0. The van der Waals surface area contributed by atoms with E-state index in [2.05, 4.69) is 15.0 Å². The molecular formula is C18H14N4O2S. The van der Waals surface area contributed by atoms with Crippen LogP contribution in [0.5, 0.6) is 0 Å². The van der Waals surface area contributed by atoms with Crippen LogP contribution in [0.2, 0.25) is 0 Å². The van der Waals surface area contributed by atoms with E-state index in [9.17, 15) is 8.42 Å². The SMILES string of the molecule is Cc1ccc(S(=O)(=O)n2ccc3c(-c4cccnc4)ncnc32)cc1. The van der Waals surface area contributed by atoms with E-state index in [1.807, 2.05) is 19.1 Å². The Kier molecular flexibility index (Phi) is 3.58. The van der Waals surface area contributed by atoms with Crippen LogP contribution >= 0.6 is 0 Å². The minimum atomic E-state index is -3.73. The maximum atomic E-state index is 13.0. The summed E-state index contributed by atoms with van der Waals surface area (Å²) < 4.78 is 27.1. The molecule has 0 saturated carbocycles. The fourth-order valence-corrected chi connectivity index (χ4v) is 3.98. The third-order valence-corrected chi connectivity index (χ3v) is 5.64. The highest BCUT2D eigenvalue weighted by atomic mass is 32.2. The van der Waals surface area contributed by atoms with Crippen LogP contribution < -0.4 is 0 Å². The Morgan fingerprint density at radius 1 is 1.00 bits per heavy atom. The second-order valence-corrected chi connectivity index (χ2v) is 7.45. The van der Waals surface area contributed by atoms with Crippen LogP contribution in [0.3, 0.4) is 0 Å². The lowest BCUT2D eigenvalue weighted by molar-refractivity contribution is 0.588. The van der Waals surface area contributed by atoms with Crippen LogP contribution in [0.4, 0.5) is 0 Å². The lowest BCUT2D eigenvalue weighted by Crippen LogP contribution is -2.12. The number of aromatic nitrogens is 4. The highest BCUT2D eigenvalue weighted by Crippen LogP contribution is 2.27. The second kappa shape index (κ2) is 5.78. The van der Waals surface area contributed by atoms with Gasteiger partial charge in [-0.1, -0.05) is 17.7 Å². The van der Waals surface area contributed by atoms with Crippen LogP contribution in [0.1, 0.15) is 5.56 Å². The van der Waals surface area contributed by atoms with Crippen LogP contribution in [0.25, 0.3) is 22.3 Å². The summed E-state index contributed by atoms with van der Waals surface area (Å²) in [6.07, 6.45) is 6.24. The summed E-state index contributed by atoms with van der Waals surface area (Å²) in [5.41, 5.74) is 2.79. The molecule has 0 aliphatic rings. The third kappa shape index (κ3) is 2.58. The van der Waals surface area contributed by atoms with E-state index >= 15 is 0 Å². The van der Waals surface area contributed by atoms with E-state index in [1.54, 1.807) is 42.7 Å². The molecule has 3 aromatic heterocycles. The van der Waals surface area contributed by atoms with Crippen molar-refractivity contribution in [3.05, 3.63) is 72.9 Å². The summed E-state index contributed by atoms with van der Waals surface area (Å²) in [5, 5.41) is 0.659. The molecule has 0 saturated heterocycles. The molecule has 0 aliphatic carbocycles. The fourth-order valence-electron chi connectivity index (χ4n) is 2.68. The zero-order chi connectivity index (χ0) is 17.4. The summed E-state index contributed by atoms with van der Waals surface area (Å²) in [6.45, 7) is 1.91. The highest BCUT2D eigenvalue weighted by Gasteiger charge is 2.21. The van der Waals surface area contributed by atoms with Gasteiger partial charge in [-0.05, 0) is 37.3 Å². The third-order valence-electron chi connectivity index (χ3n) is 3.96. The lowest BCUT2D eigenvalue weighted by Gasteiger charge is -2.08. The van der Waals surface area contributed by atoms with Gasteiger partial charge in [0.2, 0.25) is 0 Å². The fraction of sp³-hybridized carbons (Fsp3) is 0.0556. The Bertz CT molecular complexity index is 1150. The molecule has 4 aromatic rings. The van der Waals surface area contributed by atoms with Crippen LogP contribution in [0.15, 0.2) is 72.3 Å². The van der Waals surface area contributed by atoms with Gasteiger partial charge in [-0.25, -0.2) is 22.4 Å². The maximum absolute atomic E-state index is 13.0. The number of fused-ring (bicyclic) bond motifs is 1. The summed E-state index contributed by atoms with van der Waals surface area (Å²) in [7, 11) is -3.73. The van der Waals surface area contributed by atoms with Gasteiger partial charge >= 0.3 is 0 Å². The van der Waals surface area contributed by atoms with Gasteiger partial charge in [-0.15, -0.1) is 0 Å². The van der Waals surface area contributed by atoms with Crippen molar-refractivity contribution in [3.63, 3.8) is 0 Å². The number of pyridine rings is 1. The number of hydrogen-bond donors (Lipinski definition) is 0. The normalized spacial score (nSPS) is 11.7. The Morgan fingerprint density at radius 2 is 1.80 bits per heavy atom. The van der Waals surface area contributed by atoms with Gasteiger partial charge in [0.1, 0.15) is 6.33 Å². The summed E-state index contributed by atoms with van der Waals surface area (Å²) in [4.78, 5) is 12.8. The Balaban J connectivity index is 1.92. The molecule has 0 unspecified atom stereocenters. The molecule has 4 rings (SSSR count). The Labute approximate surface area is 144 Å². The second-order valence-electron chi connectivity index (χ2n) is 5.63. The van der Waals surface area contributed by atoms with Gasteiger partial charge in [-0.2, -0.15) is 0 Å². The minimum Gasteiger partial charge on any atom is -0.264 e. The molecular weight excluding hydrogens is 336 g/mol. The van der Waals surface area contributed by atoms with E-state index in [1.165, 1.54) is 16.5 Å². The smallest absolute Gasteiger partial charge is 0.264 e. The molecule has 6 nitrogen and oxygen atoms in total. The number of benzene rings is 1. The van der Waals surface area contributed by atoms with Crippen molar-refractivity contribution < 1.29 is 8.42 Å². The average molecular weight is 350 g/mol. The first-order chi connectivity index (χ1) is 12.1. The summed E-state index contributed by atoms with van der Waals surface area (Å²) in [6, 6.07) is 12.1. The minimum absolute atomic E-state index is 0.220. The number of aryl methyl sites for hydroxylation is 1. The largest absolute Gasteiger partial charge is 0.269 e. The first-order valence-electron chi connectivity index (χ1n) is 7.62. The van der Waals surface area contributed by atoms with Gasteiger partial charge in [0.15, 0.2) is 5.65 Å². The van der Waals surface area contributed by atoms with E-state index in [4.69, 9.17) is 0 Å². The summed E-state index contributed by atoms with van der Waals surface area (Å²) >= 11 is 0. The standard InChI is InChI=1S/C18H14N4O2S/c1-13-4-6-15(7-5-13)25(23,24)22-10-8-16-17(20-12-21-18(16)22)14-3-2-9-19-11-14/h2-12H,1H3. The molecule has 0 radical (unpaired) electrons. The molecule has 0 spiro atoms. The van der Waals surface area contributed by atoms with E-state index in [-0.39, 0.29) is 4.90 Å². The van der Waals surface area contributed by atoms with Crippen LogP contribution in [-0.4, -0.2) is 27.3 Å². The maximum Gasteiger partial charge on any atom is 0.269 e. The van der Waals surface area contributed by atoms with Crippen LogP contribution in [-0.2, 0) is 10.0 Å². The predicted molar refractivity (Wildman–Crippen MR) is 94.5 cm³/mol. The molecule has 0 atom stereocenters. The lowest BCUT2D eigenvalue weighted by atomic mass is 10.1. The van der Waals surface area contributed by atoms with Crippen molar-refractivity contribution in [1.82, 2.24) is 18.9 Å². The molecule has 124 valence electrons. The van der Waals surface area contributed by atoms with Crippen molar-refractivity contribution in [2.45, 2.75) is 11.8 Å². The molecule has 3 heterocycles. The predicted octanol–water partition coefficient (Wildman–Crippen LogP) is 3.04. The number of nitrogens with zero attached hydrogens (tertiary/aromatic N) is 4. The van der Waals surface area contributed by atoms with Gasteiger partial charge in [0, 0.05) is 29.5 Å². The quantitative estimate of drug-likeness (QED) is 0.567.